The molecule has 1 aromatic carbocycles. The minimum atomic E-state index is -0.636. The number of aromatic hydroxyl groups is 1. The summed E-state index contributed by atoms with van der Waals surface area (Å²) in [7, 11) is 0. The standard InChI is InChI=1S/C15H11FN2O3/c16-11-3-4-12(13(20)9-11)15(21)18-14-8-10(2-1-7-19)5-6-17-14/h3-6,8-9,19-20H,7H2,(H,17,18,21). The zero-order chi connectivity index (χ0) is 15.2. The van der Waals surface area contributed by atoms with Crippen molar-refractivity contribution in [1.29, 1.82) is 0 Å². The fraction of sp³-hybridized carbons (Fsp3) is 0.0667. The van der Waals surface area contributed by atoms with Crippen LogP contribution in [0.25, 0.3) is 0 Å². The van der Waals surface area contributed by atoms with Crippen LogP contribution in [-0.4, -0.2) is 27.7 Å². The number of hydrogen-bond acceptors (Lipinski definition) is 4. The molecule has 2 aromatic rings. The van der Waals surface area contributed by atoms with Gasteiger partial charge in [0.05, 0.1) is 5.56 Å². The molecule has 0 radical (unpaired) electrons. The number of benzene rings is 1. The summed E-state index contributed by atoms with van der Waals surface area (Å²) in [5.41, 5.74) is 0.503. The van der Waals surface area contributed by atoms with Gasteiger partial charge in [0.1, 0.15) is 24.0 Å². The average molecular weight is 286 g/mol. The molecule has 0 atom stereocenters. The van der Waals surface area contributed by atoms with Crippen molar-refractivity contribution in [2.75, 3.05) is 11.9 Å². The summed E-state index contributed by atoms with van der Waals surface area (Å²) in [6.45, 7) is -0.270. The number of amides is 1. The van der Waals surface area contributed by atoms with Gasteiger partial charge in [-0.3, -0.25) is 4.79 Å². The first-order valence-electron chi connectivity index (χ1n) is 5.96. The summed E-state index contributed by atoms with van der Waals surface area (Å²) >= 11 is 0. The summed E-state index contributed by atoms with van der Waals surface area (Å²) in [6, 6.07) is 6.24. The van der Waals surface area contributed by atoms with Crippen LogP contribution in [0.4, 0.5) is 10.2 Å². The van der Waals surface area contributed by atoms with Gasteiger partial charge in [-0.2, -0.15) is 0 Å². The molecular formula is C15H11FN2O3. The molecule has 0 aliphatic rings. The largest absolute Gasteiger partial charge is 0.507 e. The molecule has 1 aromatic heterocycles. The zero-order valence-corrected chi connectivity index (χ0v) is 10.8. The van der Waals surface area contributed by atoms with E-state index in [1.165, 1.54) is 18.3 Å². The van der Waals surface area contributed by atoms with Crippen molar-refractivity contribution in [3.05, 3.63) is 53.5 Å². The Hall–Kier alpha value is -2.91. The molecule has 1 heterocycles. The van der Waals surface area contributed by atoms with Crippen molar-refractivity contribution in [2.45, 2.75) is 0 Å². The molecule has 0 aliphatic carbocycles. The highest BCUT2D eigenvalue weighted by molar-refractivity contribution is 6.05. The van der Waals surface area contributed by atoms with Gasteiger partial charge in [-0.15, -0.1) is 0 Å². The Labute approximate surface area is 120 Å². The third-order valence-corrected chi connectivity index (χ3v) is 2.52. The Morgan fingerprint density at radius 2 is 2.14 bits per heavy atom. The van der Waals surface area contributed by atoms with E-state index < -0.39 is 17.5 Å². The Morgan fingerprint density at radius 1 is 1.33 bits per heavy atom. The van der Waals surface area contributed by atoms with Crippen molar-refractivity contribution in [3.63, 3.8) is 0 Å². The van der Waals surface area contributed by atoms with Crippen LogP contribution in [0, 0.1) is 17.7 Å². The number of phenolic OH excluding ortho intramolecular Hbond substituents is 1. The number of aliphatic hydroxyl groups is 1. The van der Waals surface area contributed by atoms with Crippen LogP contribution in [0.2, 0.25) is 0 Å². The molecule has 3 N–H and O–H groups in total. The van der Waals surface area contributed by atoms with Crippen molar-refractivity contribution >= 4 is 11.7 Å². The highest BCUT2D eigenvalue weighted by atomic mass is 19.1. The monoisotopic (exact) mass is 286 g/mol. The number of hydrogen-bond donors (Lipinski definition) is 3. The highest BCUT2D eigenvalue weighted by Crippen LogP contribution is 2.19. The Kier molecular flexibility index (Phi) is 4.49. The Balaban J connectivity index is 2.19. The van der Waals surface area contributed by atoms with Gasteiger partial charge >= 0.3 is 0 Å². The number of nitrogens with one attached hydrogen (secondary N) is 1. The van der Waals surface area contributed by atoms with Crippen LogP contribution < -0.4 is 5.32 Å². The third-order valence-electron chi connectivity index (χ3n) is 2.52. The van der Waals surface area contributed by atoms with Crippen molar-refractivity contribution < 1.29 is 19.4 Å². The van der Waals surface area contributed by atoms with E-state index in [1.54, 1.807) is 6.07 Å². The lowest BCUT2D eigenvalue weighted by Crippen LogP contribution is -2.13. The quantitative estimate of drug-likeness (QED) is 0.731. The van der Waals surface area contributed by atoms with Crippen LogP contribution >= 0.6 is 0 Å². The number of phenols is 1. The van der Waals surface area contributed by atoms with Gasteiger partial charge < -0.3 is 15.5 Å². The van der Waals surface area contributed by atoms with Crippen LogP contribution in [0.1, 0.15) is 15.9 Å². The molecule has 0 fully saturated rings. The second-order valence-corrected chi connectivity index (χ2v) is 4.01. The van der Waals surface area contributed by atoms with E-state index in [1.807, 2.05) is 0 Å². The predicted octanol–water partition coefficient (Wildman–Crippen LogP) is 1.52. The SMILES string of the molecule is O=C(Nc1cc(C#CCO)ccn1)c1ccc(F)cc1O. The maximum atomic E-state index is 12.9. The molecule has 106 valence electrons. The van der Waals surface area contributed by atoms with Crippen LogP contribution in [0.15, 0.2) is 36.5 Å². The first kappa shape index (κ1) is 14.5. The number of aliphatic hydroxyl groups excluding tert-OH is 1. The minimum absolute atomic E-state index is 0.0648. The fourth-order valence-corrected chi connectivity index (χ4v) is 1.60. The molecule has 5 nitrogen and oxygen atoms in total. The predicted molar refractivity (Wildman–Crippen MR) is 74.2 cm³/mol. The van der Waals surface area contributed by atoms with Gasteiger partial charge in [-0.1, -0.05) is 11.8 Å². The minimum Gasteiger partial charge on any atom is -0.507 e. The molecule has 0 saturated heterocycles. The number of nitrogens with zero attached hydrogens (tertiary/aromatic N) is 1. The number of aromatic nitrogens is 1. The summed E-state index contributed by atoms with van der Waals surface area (Å²) in [5, 5.41) is 20.6. The van der Waals surface area contributed by atoms with Crippen LogP contribution in [-0.2, 0) is 0 Å². The van der Waals surface area contributed by atoms with Gasteiger partial charge in [-0.25, -0.2) is 9.37 Å². The van der Waals surface area contributed by atoms with Crippen molar-refractivity contribution in [3.8, 4) is 17.6 Å². The molecule has 2 rings (SSSR count). The van der Waals surface area contributed by atoms with Crippen molar-refractivity contribution in [2.24, 2.45) is 0 Å². The first-order valence-corrected chi connectivity index (χ1v) is 5.96. The lowest BCUT2D eigenvalue weighted by molar-refractivity contribution is 0.102. The smallest absolute Gasteiger partial charge is 0.260 e. The van der Waals surface area contributed by atoms with E-state index in [0.29, 0.717) is 5.56 Å². The summed E-state index contributed by atoms with van der Waals surface area (Å²) in [5.74, 6) is 3.67. The summed E-state index contributed by atoms with van der Waals surface area (Å²) < 4.78 is 12.9. The van der Waals surface area contributed by atoms with E-state index >= 15 is 0 Å². The molecule has 6 heteroatoms. The second-order valence-electron chi connectivity index (χ2n) is 4.01. The maximum Gasteiger partial charge on any atom is 0.260 e. The van der Waals surface area contributed by atoms with E-state index in [4.69, 9.17) is 5.11 Å². The zero-order valence-electron chi connectivity index (χ0n) is 10.8. The number of carbonyl (C=O) groups excluding carboxylic acids is 1. The Bertz CT molecular complexity index is 735. The van der Waals surface area contributed by atoms with Crippen molar-refractivity contribution in [1.82, 2.24) is 4.98 Å². The molecule has 0 unspecified atom stereocenters. The lowest BCUT2D eigenvalue weighted by Gasteiger charge is -2.06. The molecule has 0 spiro atoms. The lowest BCUT2D eigenvalue weighted by atomic mass is 10.2. The van der Waals surface area contributed by atoms with Gasteiger partial charge in [0.15, 0.2) is 0 Å². The number of halogens is 1. The van der Waals surface area contributed by atoms with Crippen LogP contribution in [0.3, 0.4) is 0 Å². The number of pyridine rings is 1. The number of carbonyl (C=O) groups is 1. The van der Waals surface area contributed by atoms with Gasteiger partial charge in [0.25, 0.3) is 5.91 Å². The average Bonchev–Trinajstić information content (AvgIpc) is 2.45. The second kappa shape index (κ2) is 6.50. The summed E-state index contributed by atoms with van der Waals surface area (Å²) in [4.78, 5) is 15.9. The van der Waals surface area contributed by atoms with E-state index in [0.717, 1.165) is 12.1 Å². The molecule has 0 bridgehead atoms. The first-order chi connectivity index (χ1) is 10.1. The number of anilines is 1. The number of rotatable bonds is 2. The van der Waals surface area contributed by atoms with Crippen LogP contribution in [0.5, 0.6) is 5.75 Å². The summed E-state index contributed by atoms with van der Waals surface area (Å²) in [6.07, 6.45) is 1.45. The van der Waals surface area contributed by atoms with Gasteiger partial charge in [0.2, 0.25) is 0 Å². The molecule has 1 amide bonds. The molecular weight excluding hydrogens is 275 g/mol. The topological polar surface area (TPSA) is 82.5 Å². The Morgan fingerprint density at radius 3 is 2.86 bits per heavy atom. The normalized spacial score (nSPS) is 9.62. The highest BCUT2D eigenvalue weighted by Gasteiger charge is 2.12. The van der Waals surface area contributed by atoms with Gasteiger partial charge in [0, 0.05) is 17.8 Å². The third kappa shape index (κ3) is 3.78. The van der Waals surface area contributed by atoms with E-state index in [9.17, 15) is 14.3 Å². The van der Waals surface area contributed by atoms with E-state index in [2.05, 4.69) is 22.1 Å². The molecule has 0 saturated carbocycles. The molecule has 21 heavy (non-hydrogen) atoms. The molecule has 0 aliphatic heterocycles. The maximum absolute atomic E-state index is 12.9. The fourth-order valence-electron chi connectivity index (χ4n) is 1.60. The van der Waals surface area contributed by atoms with Gasteiger partial charge in [-0.05, 0) is 24.3 Å². The van der Waals surface area contributed by atoms with E-state index in [-0.39, 0.29) is 18.0 Å².